The lowest BCUT2D eigenvalue weighted by Crippen LogP contribution is -2.23. The van der Waals surface area contributed by atoms with Gasteiger partial charge in [0.1, 0.15) is 11.6 Å². The highest BCUT2D eigenvalue weighted by Crippen LogP contribution is 2.31. The molecule has 0 atom stereocenters. The lowest BCUT2D eigenvalue weighted by atomic mass is 10.1. The number of Topliss-reactive ketones (excluding diaryl/α,β-unsaturated/α-hetero) is 1. The number of aromatic amines is 1. The number of benzene rings is 2. The summed E-state index contributed by atoms with van der Waals surface area (Å²) in [5, 5.41) is 12.6. The number of carbonyl (C=O) groups excluding carboxylic acids is 2. The Bertz CT molecular complexity index is 1180. The summed E-state index contributed by atoms with van der Waals surface area (Å²) in [5.74, 6) is -1.29. The van der Waals surface area contributed by atoms with Gasteiger partial charge in [0.2, 0.25) is 0 Å². The molecule has 0 bridgehead atoms. The molecule has 0 fully saturated rings. The molecule has 2 N–H and O–H groups in total. The number of hydrogen-bond donors (Lipinski definition) is 2. The maximum absolute atomic E-state index is 13.2. The SMILES string of the molecule is COc1cccc2c1c(C(=O)C(=O)Nc1cn[nH]n1)cn2Cc1ccc(F)cc1. The summed E-state index contributed by atoms with van der Waals surface area (Å²) in [6, 6.07) is 11.4. The van der Waals surface area contributed by atoms with Crippen molar-refractivity contribution < 1.29 is 18.7 Å². The van der Waals surface area contributed by atoms with E-state index in [9.17, 15) is 14.0 Å². The van der Waals surface area contributed by atoms with E-state index < -0.39 is 11.7 Å². The topological polar surface area (TPSA) is 102 Å². The van der Waals surface area contributed by atoms with Gasteiger partial charge in [-0.25, -0.2) is 4.39 Å². The Labute approximate surface area is 164 Å². The Morgan fingerprint density at radius 2 is 2.00 bits per heavy atom. The van der Waals surface area contributed by atoms with Crippen molar-refractivity contribution in [2.45, 2.75) is 6.54 Å². The number of halogens is 1. The highest BCUT2D eigenvalue weighted by atomic mass is 19.1. The number of hydrogen-bond acceptors (Lipinski definition) is 5. The molecule has 0 aliphatic heterocycles. The van der Waals surface area contributed by atoms with Crippen LogP contribution in [-0.2, 0) is 11.3 Å². The first kappa shape index (κ1) is 18.4. The first-order valence-electron chi connectivity index (χ1n) is 8.68. The quantitative estimate of drug-likeness (QED) is 0.387. The summed E-state index contributed by atoms with van der Waals surface area (Å²) in [6.07, 6.45) is 2.89. The number of methoxy groups -OCH3 is 1. The summed E-state index contributed by atoms with van der Waals surface area (Å²) < 4.78 is 20.4. The van der Waals surface area contributed by atoms with Gasteiger partial charge in [0, 0.05) is 12.7 Å². The molecule has 0 radical (unpaired) electrons. The highest BCUT2D eigenvalue weighted by Gasteiger charge is 2.24. The van der Waals surface area contributed by atoms with E-state index in [1.165, 1.54) is 25.4 Å². The smallest absolute Gasteiger partial charge is 0.298 e. The fraction of sp³-hybridized carbons (Fsp3) is 0.100. The molecule has 2 aromatic carbocycles. The van der Waals surface area contributed by atoms with Crippen molar-refractivity contribution in [2.24, 2.45) is 0 Å². The second-order valence-electron chi connectivity index (χ2n) is 6.29. The molecular formula is C20H16FN5O3. The van der Waals surface area contributed by atoms with E-state index in [1.54, 1.807) is 30.5 Å². The number of nitrogens with zero attached hydrogens (tertiary/aromatic N) is 3. The average Bonchev–Trinajstić information content (AvgIpc) is 3.37. The minimum atomic E-state index is -0.842. The first-order chi connectivity index (χ1) is 14.1. The molecule has 9 heteroatoms. The van der Waals surface area contributed by atoms with Crippen molar-refractivity contribution >= 4 is 28.4 Å². The number of H-pyrrole nitrogens is 1. The van der Waals surface area contributed by atoms with Gasteiger partial charge in [0.25, 0.3) is 11.7 Å². The number of ether oxygens (including phenoxy) is 1. The molecular weight excluding hydrogens is 377 g/mol. The zero-order valence-corrected chi connectivity index (χ0v) is 15.3. The number of rotatable bonds is 6. The molecule has 0 saturated heterocycles. The van der Waals surface area contributed by atoms with Gasteiger partial charge < -0.3 is 14.6 Å². The van der Waals surface area contributed by atoms with Gasteiger partial charge in [0.05, 0.1) is 29.8 Å². The third-order valence-corrected chi connectivity index (χ3v) is 4.46. The van der Waals surface area contributed by atoms with Crippen LogP contribution in [0.4, 0.5) is 10.2 Å². The van der Waals surface area contributed by atoms with E-state index in [0.717, 1.165) is 5.56 Å². The van der Waals surface area contributed by atoms with Gasteiger partial charge in [-0.2, -0.15) is 10.3 Å². The van der Waals surface area contributed by atoms with Crippen molar-refractivity contribution in [3.05, 3.63) is 71.8 Å². The molecule has 4 rings (SSSR count). The molecule has 2 aromatic heterocycles. The van der Waals surface area contributed by atoms with Crippen LogP contribution in [-0.4, -0.2) is 38.8 Å². The van der Waals surface area contributed by atoms with Crippen LogP contribution in [0.25, 0.3) is 10.9 Å². The molecule has 8 nitrogen and oxygen atoms in total. The summed E-state index contributed by atoms with van der Waals surface area (Å²) in [4.78, 5) is 25.3. The van der Waals surface area contributed by atoms with E-state index >= 15 is 0 Å². The zero-order valence-electron chi connectivity index (χ0n) is 15.3. The third kappa shape index (κ3) is 3.57. The zero-order chi connectivity index (χ0) is 20.4. The number of nitrogens with one attached hydrogen (secondary N) is 2. The Kier molecular flexibility index (Phi) is 4.78. The number of fused-ring (bicyclic) bond motifs is 1. The normalized spacial score (nSPS) is 10.8. The second kappa shape index (κ2) is 7.55. The fourth-order valence-electron chi connectivity index (χ4n) is 3.14. The summed E-state index contributed by atoms with van der Waals surface area (Å²) in [6.45, 7) is 0.391. The van der Waals surface area contributed by atoms with E-state index in [2.05, 4.69) is 20.7 Å². The molecule has 0 unspecified atom stereocenters. The average molecular weight is 393 g/mol. The van der Waals surface area contributed by atoms with Crippen LogP contribution in [0.5, 0.6) is 5.75 Å². The van der Waals surface area contributed by atoms with Crippen LogP contribution in [0, 0.1) is 5.82 Å². The Hall–Kier alpha value is -4.01. The molecule has 146 valence electrons. The Morgan fingerprint density at radius 3 is 2.69 bits per heavy atom. The second-order valence-corrected chi connectivity index (χ2v) is 6.29. The number of amides is 1. The van der Waals surface area contributed by atoms with Crippen LogP contribution in [0.2, 0.25) is 0 Å². The van der Waals surface area contributed by atoms with E-state index in [-0.39, 0.29) is 17.2 Å². The fourth-order valence-corrected chi connectivity index (χ4v) is 3.14. The largest absolute Gasteiger partial charge is 0.496 e. The van der Waals surface area contributed by atoms with Crippen LogP contribution in [0.1, 0.15) is 15.9 Å². The minimum absolute atomic E-state index is 0.144. The summed E-state index contributed by atoms with van der Waals surface area (Å²) in [7, 11) is 1.50. The summed E-state index contributed by atoms with van der Waals surface area (Å²) in [5.41, 5.74) is 1.75. The van der Waals surface area contributed by atoms with Crippen molar-refractivity contribution in [1.82, 2.24) is 20.0 Å². The van der Waals surface area contributed by atoms with Gasteiger partial charge in [0.15, 0.2) is 5.82 Å². The molecule has 0 spiro atoms. The van der Waals surface area contributed by atoms with Crippen LogP contribution >= 0.6 is 0 Å². The number of anilines is 1. The molecule has 0 aliphatic rings. The van der Waals surface area contributed by atoms with Crippen LogP contribution in [0.3, 0.4) is 0 Å². The monoisotopic (exact) mass is 393 g/mol. The third-order valence-electron chi connectivity index (χ3n) is 4.46. The maximum atomic E-state index is 13.2. The van der Waals surface area contributed by atoms with Gasteiger partial charge >= 0.3 is 0 Å². The maximum Gasteiger partial charge on any atom is 0.298 e. The van der Waals surface area contributed by atoms with Gasteiger partial charge in [-0.3, -0.25) is 9.59 Å². The van der Waals surface area contributed by atoms with Gasteiger partial charge in [-0.1, -0.05) is 18.2 Å². The van der Waals surface area contributed by atoms with Crippen LogP contribution < -0.4 is 10.1 Å². The number of aromatic nitrogens is 4. The first-order valence-corrected chi connectivity index (χ1v) is 8.68. The number of ketones is 1. The Balaban J connectivity index is 1.75. The van der Waals surface area contributed by atoms with Crippen molar-refractivity contribution in [3.63, 3.8) is 0 Å². The van der Waals surface area contributed by atoms with E-state index in [4.69, 9.17) is 4.74 Å². The van der Waals surface area contributed by atoms with E-state index in [1.807, 2.05) is 10.6 Å². The molecule has 0 aliphatic carbocycles. The Morgan fingerprint density at radius 1 is 1.21 bits per heavy atom. The highest BCUT2D eigenvalue weighted by molar-refractivity contribution is 6.48. The van der Waals surface area contributed by atoms with Gasteiger partial charge in [-0.15, -0.1) is 5.10 Å². The van der Waals surface area contributed by atoms with Crippen molar-refractivity contribution in [3.8, 4) is 5.75 Å². The van der Waals surface area contributed by atoms with Crippen LogP contribution in [0.15, 0.2) is 54.9 Å². The predicted octanol–water partition coefficient (Wildman–Crippen LogP) is 2.78. The molecule has 29 heavy (non-hydrogen) atoms. The van der Waals surface area contributed by atoms with Crippen molar-refractivity contribution in [1.29, 1.82) is 0 Å². The summed E-state index contributed by atoms with van der Waals surface area (Å²) >= 11 is 0. The number of carbonyl (C=O) groups is 2. The standard InChI is InChI=1S/C20H16FN5O3/c1-29-16-4-2-3-15-18(16)14(19(27)20(28)23-17-9-22-25-24-17)11-26(15)10-12-5-7-13(21)8-6-12/h2-9,11H,10H2,1H3,(H2,22,23,24,25,28). The molecule has 0 saturated carbocycles. The molecule has 1 amide bonds. The minimum Gasteiger partial charge on any atom is -0.496 e. The lowest BCUT2D eigenvalue weighted by molar-refractivity contribution is -0.112. The van der Waals surface area contributed by atoms with Gasteiger partial charge in [-0.05, 0) is 29.8 Å². The predicted molar refractivity (Wildman–Crippen MR) is 103 cm³/mol. The molecule has 2 heterocycles. The van der Waals surface area contributed by atoms with E-state index in [0.29, 0.717) is 23.2 Å². The molecule has 4 aromatic rings. The van der Waals surface area contributed by atoms with Crippen molar-refractivity contribution in [2.75, 3.05) is 12.4 Å². The lowest BCUT2D eigenvalue weighted by Gasteiger charge is -2.07.